The fourth-order valence-corrected chi connectivity index (χ4v) is 4.35. The Hall–Kier alpha value is -2.60. The summed E-state index contributed by atoms with van der Waals surface area (Å²) in [6.07, 6.45) is 1.76. The molecule has 1 aromatic carbocycles. The number of halogens is 1. The van der Waals surface area contributed by atoms with Crippen molar-refractivity contribution in [1.29, 1.82) is 0 Å². The molecule has 2 saturated heterocycles. The molecule has 0 radical (unpaired) electrons. The first kappa shape index (κ1) is 19.7. The van der Waals surface area contributed by atoms with E-state index in [0.29, 0.717) is 24.7 Å². The molecule has 0 atom stereocenters. The molecule has 2 aliphatic heterocycles. The van der Waals surface area contributed by atoms with Gasteiger partial charge in [-0.2, -0.15) is 0 Å². The maximum Gasteiger partial charge on any atom is 0.252 e. The minimum absolute atomic E-state index is 0.0178. The monoisotopic (exact) mass is 412 g/mol. The number of aromatic nitrogens is 1. The lowest BCUT2D eigenvalue weighted by Crippen LogP contribution is -2.81. The van der Waals surface area contributed by atoms with Gasteiger partial charge in [0.2, 0.25) is 5.91 Å². The summed E-state index contributed by atoms with van der Waals surface area (Å²) >= 11 is 6.00. The van der Waals surface area contributed by atoms with Gasteiger partial charge in [-0.05, 0) is 50.6 Å². The van der Waals surface area contributed by atoms with Crippen molar-refractivity contribution in [2.75, 3.05) is 24.5 Å². The Kier molecular flexibility index (Phi) is 4.99. The van der Waals surface area contributed by atoms with Crippen LogP contribution in [0, 0.1) is 6.92 Å². The Balaban J connectivity index is 1.66. The standard InChI is InChI=1S/C22H25ClN4O2/c1-15(2)26-12-20(28)27(11-17-6-8-18(23)9-7-17)22(21(26)29)13-25(14-22)19-5-4-10-24-16(19)3/h4-10,15H,11-14H2,1-3H3. The summed E-state index contributed by atoms with van der Waals surface area (Å²) in [5.74, 6) is 0.00895. The Morgan fingerprint density at radius 3 is 2.45 bits per heavy atom. The first-order valence-electron chi connectivity index (χ1n) is 9.84. The SMILES string of the molecule is Cc1ncccc1N1CC2(C1)C(=O)N(C(C)C)CC(=O)N2Cc1ccc(Cl)cc1. The Bertz CT molecular complexity index is 938. The first-order chi connectivity index (χ1) is 13.8. The second kappa shape index (κ2) is 7.34. The van der Waals surface area contributed by atoms with Crippen LogP contribution in [0.15, 0.2) is 42.6 Å². The quantitative estimate of drug-likeness (QED) is 0.774. The molecule has 152 valence electrons. The van der Waals surface area contributed by atoms with Crippen LogP contribution >= 0.6 is 11.6 Å². The average Bonchev–Trinajstić information content (AvgIpc) is 2.65. The van der Waals surface area contributed by atoms with Gasteiger partial charge in [-0.3, -0.25) is 14.6 Å². The van der Waals surface area contributed by atoms with Gasteiger partial charge in [0.1, 0.15) is 6.54 Å². The van der Waals surface area contributed by atoms with Crippen molar-refractivity contribution in [3.63, 3.8) is 0 Å². The summed E-state index contributed by atoms with van der Waals surface area (Å²) in [5.41, 5.74) is 2.04. The smallest absolute Gasteiger partial charge is 0.252 e. The maximum atomic E-state index is 13.5. The number of amides is 2. The van der Waals surface area contributed by atoms with Crippen LogP contribution in [0.2, 0.25) is 5.02 Å². The highest BCUT2D eigenvalue weighted by atomic mass is 35.5. The molecular weight excluding hydrogens is 388 g/mol. The van der Waals surface area contributed by atoms with Crippen molar-refractivity contribution in [2.45, 2.75) is 38.9 Å². The molecule has 0 unspecified atom stereocenters. The van der Waals surface area contributed by atoms with Gasteiger partial charge in [0.25, 0.3) is 5.91 Å². The van der Waals surface area contributed by atoms with Gasteiger partial charge in [0, 0.05) is 23.8 Å². The van der Waals surface area contributed by atoms with Gasteiger partial charge in [-0.15, -0.1) is 0 Å². The van der Waals surface area contributed by atoms with Crippen LogP contribution in [0.5, 0.6) is 0 Å². The molecule has 29 heavy (non-hydrogen) atoms. The lowest BCUT2D eigenvalue weighted by molar-refractivity contribution is -0.170. The van der Waals surface area contributed by atoms with Gasteiger partial charge >= 0.3 is 0 Å². The molecule has 2 amide bonds. The molecule has 3 heterocycles. The normalized spacial score (nSPS) is 18.6. The molecule has 0 saturated carbocycles. The molecule has 2 aromatic rings. The van der Waals surface area contributed by atoms with Crippen molar-refractivity contribution in [3.05, 3.63) is 58.9 Å². The third kappa shape index (κ3) is 3.35. The fourth-order valence-electron chi connectivity index (χ4n) is 4.22. The molecule has 6 nitrogen and oxygen atoms in total. The summed E-state index contributed by atoms with van der Waals surface area (Å²) in [6.45, 7) is 7.33. The third-order valence-corrected chi connectivity index (χ3v) is 6.14. The van der Waals surface area contributed by atoms with Crippen molar-refractivity contribution in [2.24, 2.45) is 0 Å². The molecule has 0 N–H and O–H groups in total. The van der Waals surface area contributed by atoms with Gasteiger partial charge in [0.05, 0.1) is 24.5 Å². The summed E-state index contributed by atoms with van der Waals surface area (Å²) in [4.78, 5) is 36.6. The van der Waals surface area contributed by atoms with E-state index < -0.39 is 5.54 Å². The summed E-state index contributed by atoms with van der Waals surface area (Å²) in [6, 6.07) is 11.3. The van der Waals surface area contributed by atoms with Crippen LogP contribution in [-0.4, -0.2) is 57.8 Å². The highest BCUT2D eigenvalue weighted by Crippen LogP contribution is 2.38. The van der Waals surface area contributed by atoms with Crippen molar-refractivity contribution < 1.29 is 9.59 Å². The van der Waals surface area contributed by atoms with E-state index in [1.54, 1.807) is 16.0 Å². The number of piperazine rings is 1. The van der Waals surface area contributed by atoms with E-state index in [1.807, 2.05) is 57.2 Å². The van der Waals surface area contributed by atoms with Gasteiger partial charge < -0.3 is 14.7 Å². The Morgan fingerprint density at radius 2 is 1.83 bits per heavy atom. The number of anilines is 1. The minimum atomic E-state index is -0.846. The van der Waals surface area contributed by atoms with E-state index in [1.165, 1.54) is 0 Å². The Morgan fingerprint density at radius 1 is 1.14 bits per heavy atom. The third-order valence-electron chi connectivity index (χ3n) is 5.88. The zero-order valence-corrected chi connectivity index (χ0v) is 17.7. The second-order valence-electron chi connectivity index (χ2n) is 8.13. The first-order valence-corrected chi connectivity index (χ1v) is 10.2. The molecule has 1 aromatic heterocycles. The zero-order valence-electron chi connectivity index (χ0n) is 16.9. The van der Waals surface area contributed by atoms with E-state index in [4.69, 9.17) is 11.6 Å². The van der Waals surface area contributed by atoms with Crippen LogP contribution in [0.25, 0.3) is 0 Å². The number of benzene rings is 1. The summed E-state index contributed by atoms with van der Waals surface area (Å²) < 4.78 is 0. The molecule has 4 rings (SSSR count). The lowest BCUT2D eigenvalue weighted by Gasteiger charge is -2.59. The highest BCUT2D eigenvalue weighted by molar-refractivity contribution is 6.30. The van der Waals surface area contributed by atoms with Gasteiger partial charge in [0.15, 0.2) is 5.54 Å². The Labute approximate surface area is 176 Å². The van der Waals surface area contributed by atoms with Gasteiger partial charge in [-0.25, -0.2) is 0 Å². The van der Waals surface area contributed by atoms with E-state index in [-0.39, 0.29) is 24.4 Å². The number of carbonyl (C=O) groups excluding carboxylic acids is 2. The van der Waals surface area contributed by atoms with Crippen LogP contribution in [0.1, 0.15) is 25.1 Å². The zero-order chi connectivity index (χ0) is 20.8. The van der Waals surface area contributed by atoms with Gasteiger partial charge in [-0.1, -0.05) is 23.7 Å². The maximum absolute atomic E-state index is 13.5. The van der Waals surface area contributed by atoms with Crippen molar-refractivity contribution >= 4 is 29.1 Å². The molecule has 1 spiro atoms. The van der Waals surface area contributed by atoms with E-state index in [2.05, 4.69) is 9.88 Å². The van der Waals surface area contributed by atoms with E-state index in [0.717, 1.165) is 16.9 Å². The molecule has 7 heteroatoms. The van der Waals surface area contributed by atoms with Crippen molar-refractivity contribution in [3.8, 4) is 0 Å². The number of rotatable bonds is 4. The average molecular weight is 413 g/mol. The van der Waals surface area contributed by atoms with Crippen LogP contribution in [0.4, 0.5) is 5.69 Å². The number of carbonyl (C=O) groups is 2. The second-order valence-corrected chi connectivity index (χ2v) is 8.57. The molecule has 0 bridgehead atoms. The van der Waals surface area contributed by atoms with E-state index >= 15 is 0 Å². The number of nitrogens with zero attached hydrogens (tertiary/aromatic N) is 4. The number of pyridine rings is 1. The molecule has 2 fully saturated rings. The predicted octanol–water partition coefficient (Wildman–Crippen LogP) is 2.88. The molecular formula is C22H25ClN4O2. The van der Waals surface area contributed by atoms with Crippen molar-refractivity contribution in [1.82, 2.24) is 14.8 Å². The summed E-state index contributed by atoms with van der Waals surface area (Å²) in [7, 11) is 0. The topological polar surface area (TPSA) is 56.8 Å². The molecule has 2 aliphatic rings. The number of hydrogen-bond donors (Lipinski definition) is 0. The van der Waals surface area contributed by atoms with Crippen LogP contribution < -0.4 is 4.90 Å². The highest BCUT2D eigenvalue weighted by Gasteiger charge is 2.60. The van der Waals surface area contributed by atoms with E-state index in [9.17, 15) is 9.59 Å². The summed E-state index contributed by atoms with van der Waals surface area (Å²) in [5, 5.41) is 0.650. The van der Waals surface area contributed by atoms with Crippen LogP contribution in [-0.2, 0) is 16.1 Å². The predicted molar refractivity (Wildman–Crippen MR) is 113 cm³/mol. The molecule has 0 aliphatic carbocycles. The van der Waals surface area contributed by atoms with Crippen LogP contribution in [0.3, 0.4) is 0 Å². The minimum Gasteiger partial charge on any atom is -0.364 e. The number of aryl methyl sites for hydroxylation is 1. The lowest BCUT2D eigenvalue weighted by atomic mass is 9.82. The number of hydrogen-bond acceptors (Lipinski definition) is 4. The fraction of sp³-hybridized carbons (Fsp3) is 0.409. The largest absolute Gasteiger partial charge is 0.364 e.